The van der Waals surface area contributed by atoms with Crippen LogP contribution in [0.2, 0.25) is 0 Å². The van der Waals surface area contributed by atoms with E-state index >= 15 is 0 Å². The molecule has 3 aromatic rings. The van der Waals surface area contributed by atoms with E-state index in [1.165, 1.54) is 4.90 Å². The van der Waals surface area contributed by atoms with Gasteiger partial charge in [0.1, 0.15) is 5.75 Å². The third-order valence-electron chi connectivity index (χ3n) is 6.66. The van der Waals surface area contributed by atoms with Crippen LogP contribution >= 0.6 is 0 Å². The number of benzene rings is 3. The Bertz CT molecular complexity index is 1120. The highest BCUT2D eigenvalue weighted by atomic mass is 16.5. The van der Waals surface area contributed by atoms with Gasteiger partial charge in [0, 0.05) is 26.2 Å². The fraction of sp³-hybridized carbons (Fsp3) is 0.259. The Morgan fingerprint density at radius 3 is 1.94 bits per heavy atom. The second-order valence-electron chi connectivity index (χ2n) is 8.56. The van der Waals surface area contributed by atoms with Gasteiger partial charge in [-0.2, -0.15) is 0 Å². The van der Waals surface area contributed by atoms with E-state index < -0.39 is 5.54 Å². The number of ether oxygens (including phenoxy) is 1. The standard InChI is InChI=1S/C27H28N4O3/c1-34-24-15-9-8-14-23(24)30-18-16-29(17-19-30)20-31-25(32)27(28-26(31)33,21-10-4-2-5-11-21)22-12-6-3-7-13-22/h2-15H,16-20H2,1H3,(H,28,33). The van der Waals surface area contributed by atoms with Crippen molar-refractivity contribution in [3.63, 3.8) is 0 Å². The van der Waals surface area contributed by atoms with E-state index in [2.05, 4.69) is 21.2 Å². The Morgan fingerprint density at radius 1 is 0.794 bits per heavy atom. The van der Waals surface area contributed by atoms with Crippen molar-refractivity contribution in [1.29, 1.82) is 0 Å². The Hall–Kier alpha value is -3.84. The molecule has 34 heavy (non-hydrogen) atoms. The summed E-state index contributed by atoms with van der Waals surface area (Å²) in [5.41, 5.74) is 1.34. The predicted molar refractivity (Wildman–Crippen MR) is 131 cm³/mol. The fourth-order valence-electron chi connectivity index (χ4n) is 4.86. The predicted octanol–water partition coefficient (Wildman–Crippen LogP) is 3.27. The molecular formula is C27H28N4O3. The zero-order valence-corrected chi connectivity index (χ0v) is 19.2. The number of nitrogens with one attached hydrogen (secondary N) is 1. The Kier molecular flexibility index (Phi) is 5.94. The maximum absolute atomic E-state index is 13.9. The lowest BCUT2D eigenvalue weighted by Crippen LogP contribution is -2.52. The summed E-state index contributed by atoms with van der Waals surface area (Å²) in [7, 11) is 1.68. The highest BCUT2D eigenvalue weighted by Crippen LogP contribution is 2.36. The van der Waals surface area contributed by atoms with Crippen LogP contribution in [0.5, 0.6) is 5.75 Å². The maximum atomic E-state index is 13.9. The summed E-state index contributed by atoms with van der Waals surface area (Å²) in [4.78, 5) is 32.8. The van der Waals surface area contributed by atoms with Gasteiger partial charge in [0.2, 0.25) is 0 Å². The first-order valence-corrected chi connectivity index (χ1v) is 11.5. The highest BCUT2D eigenvalue weighted by molar-refractivity contribution is 6.09. The van der Waals surface area contributed by atoms with Gasteiger partial charge in [-0.05, 0) is 23.3 Å². The van der Waals surface area contributed by atoms with Gasteiger partial charge in [-0.3, -0.25) is 9.69 Å². The van der Waals surface area contributed by atoms with Gasteiger partial charge in [0.15, 0.2) is 5.54 Å². The van der Waals surface area contributed by atoms with Gasteiger partial charge in [-0.1, -0.05) is 72.8 Å². The zero-order valence-electron chi connectivity index (χ0n) is 19.2. The number of anilines is 1. The molecule has 0 aliphatic carbocycles. The molecule has 7 nitrogen and oxygen atoms in total. The fourth-order valence-corrected chi connectivity index (χ4v) is 4.86. The molecule has 0 radical (unpaired) electrons. The molecule has 1 N–H and O–H groups in total. The smallest absolute Gasteiger partial charge is 0.326 e. The number of hydrogen-bond donors (Lipinski definition) is 1. The minimum atomic E-state index is -1.22. The van der Waals surface area contributed by atoms with Crippen LogP contribution in [-0.4, -0.2) is 61.7 Å². The lowest BCUT2D eigenvalue weighted by atomic mass is 9.83. The van der Waals surface area contributed by atoms with Crippen molar-refractivity contribution in [3.05, 3.63) is 96.1 Å². The number of rotatable bonds is 6. The first-order valence-electron chi connectivity index (χ1n) is 11.5. The van der Waals surface area contributed by atoms with E-state index in [9.17, 15) is 9.59 Å². The molecule has 5 rings (SSSR count). The van der Waals surface area contributed by atoms with Crippen LogP contribution < -0.4 is 15.0 Å². The molecule has 0 aromatic heterocycles. The Balaban J connectivity index is 1.35. The van der Waals surface area contributed by atoms with E-state index in [0.717, 1.165) is 48.7 Å². The van der Waals surface area contributed by atoms with Crippen molar-refractivity contribution >= 4 is 17.6 Å². The van der Waals surface area contributed by atoms with Crippen molar-refractivity contribution < 1.29 is 14.3 Å². The first kappa shape index (κ1) is 22.0. The summed E-state index contributed by atoms with van der Waals surface area (Å²) < 4.78 is 5.51. The third-order valence-corrected chi connectivity index (χ3v) is 6.66. The minimum Gasteiger partial charge on any atom is -0.495 e. The molecule has 2 fully saturated rings. The van der Waals surface area contributed by atoms with Gasteiger partial charge >= 0.3 is 6.03 Å². The first-order chi connectivity index (χ1) is 16.6. The van der Waals surface area contributed by atoms with E-state index in [-0.39, 0.29) is 18.6 Å². The molecule has 2 saturated heterocycles. The lowest BCUT2D eigenvalue weighted by Gasteiger charge is -2.37. The van der Waals surface area contributed by atoms with Crippen molar-refractivity contribution in [2.24, 2.45) is 0 Å². The molecule has 0 spiro atoms. The molecule has 0 saturated carbocycles. The quantitative estimate of drug-likeness (QED) is 0.577. The van der Waals surface area contributed by atoms with Crippen molar-refractivity contribution in [3.8, 4) is 5.75 Å². The van der Waals surface area contributed by atoms with E-state index in [0.29, 0.717) is 0 Å². The number of methoxy groups -OCH3 is 1. The zero-order chi connectivity index (χ0) is 23.5. The third kappa shape index (κ3) is 3.78. The largest absolute Gasteiger partial charge is 0.495 e. The number of nitrogens with zero attached hydrogens (tertiary/aromatic N) is 3. The summed E-state index contributed by atoms with van der Waals surface area (Å²) in [5, 5.41) is 3.02. The van der Waals surface area contributed by atoms with Crippen LogP contribution in [0.15, 0.2) is 84.9 Å². The number of carbonyl (C=O) groups is 2. The number of urea groups is 1. The molecule has 2 aliphatic rings. The Morgan fingerprint density at radius 2 is 1.35 bits per heavy atom. The van der Waals surface area contributed by atoms with Crippen LogP contribution in [-0.2, 0) is 10.3 Å². The van der Waals surface area contributed by atoms with Gasteiger partial charge in [-0.25, -0.2) is 9.69 Å². The molecule has 174 valence electrons. The number of para-hydroxylation sites is 2. The summed E-state index contributed by atoms with van der Waals surface area (Å²) in [6, 6.07) is 26.5. The molecule has 0 atom stereocenters. The lowest BCUT2D eigenvalue weighted by molar-refractivity contribution is -0.131. The number of amides is 3. The number of imide groups is 1. The number of hydrogen-bond acceptors (Lipinski definition) is 5. The molecule has 7 heteroatoms. The van der Waals surface area contributed by atoms with Gasteiger partial charge in [0.25, 0.3) is 5.91 Å². The second kappa shape index (κ2) is 9.19. The Labute approximate surface area is 199 Å². The summed E-state index contributed by atoms with van der Waals surface area (Å²) in [6.45, 7) is 3.29. The van der Waals surface area contributed by atoms with E-state index in [1.807, 2.05) is 78.9 Å². The summed E-state index contributed by atoms with van der Waals surface area (Å²) >= 11 is 0. The SMILES string of the molecule is COc1ccccc1N1CCN(CN2C(=O)NC(c3ccccc3)(c3ccccc3)C2=O)CC1. The molecule has 2 heterocycles. The average molecular weight is 457 g/mol. The summed E-state index contributed by atoms with van der Waals surface area (Å²) in [5.74, 6) is 0.600. The van der Waals surface area contributed by atoms with Crippen molar-refractivity contribution in [1.82, 2.24) is 15.1 Å². The maximum Gasteiger partial charge on any atom is 0.326 e. The van der Waals surface area contributed by atoms with Crippen molar-refractivity contribution in [2.45, 2.75) is 5.54 Å². The molecular weight excluding hydrogens is 428 g/mol. The molecule has 0 bridgehead atoms. The number of piperazine rings is 1. The minimum absolute atomic E-state index is 0.248. The second-order valence-corrected chi connectivity index (χ2v) is 8.56. The van der Waals surface area contributed by atoms with E-state index in [1.54, 1.807) is 7.11 Å². The van der Waals surface area contributed by atoms with Crippen LogP contribution in [0.4, 0.5) is 10.5 Å². The van der Waals surface area contributed by atoms with Gasteiger partial charge in [0.05, 0.1) is 19.5 Å². The van der Waals surface area contributed by atoms with Crippen LogP contribution in [0, 0.1) is 0 Å². The van der Waals surface area contributed by atoms with Crippen molar-refractivity contribution in [2.75, 3.05) is 44.9 Å². The highest BCUT2D eigenvalue weighted by Gasteiger charge is 2.53. The molecule has 0 unspecified atom stereocenters. The van der Waals surface area contributed by atoms with Crippen LogP contribution in [0.25, 0.3) is 0 Å². The van der Waals surface area contributed by atoms with Crippen LogP contribution in [0.3, 0.4) is 0 Å². The van der Waals surface area contributed by atoms with Gasteiger partial charge in [-0.15, -0.1) is 0 Å². The summed E-state index contributed by atoms with van der Waals surface area (Å²) in [6.07, 6.45) is 0. The average Bonchev–Trinajstić information content (AvgIpc) is 3.16. The monoisotopic (exact) mass is 456 g/mol. The normalized spacial score (nSPS) is 18.1. The molecule has 3 aromatic carbocycles. The topological polar surface area (TPSA) is 65.1 Å². The molecule has 2 aliphatic heterocycles. The number of carbonyl (C=O) groups excluding carboxylic acids is 2. The van der Waals surface area contributed by atoms with Gasteiger partial charge < -0.3 is 15.0 Å². The van der Waals surface area contributed by atoms with E-state index in [4.69, 9.17) is 4.74 Å². The van der Waals surface area contributed by atoms with Crippen LogP contribution in [0.1, 0.15) is 11.1 Å². The molecule has 3 amide bonds.